The van der Waals surface area contributed by atoms with Gasteiger partial charge in [0.25, 0.3) is 0 Å². The number of hydrogen-bond donors (Lipinski definition) is 1. The van der Waals surface area contributed by atoms with Crippen molar-refractivity contribution in [3.63, 3.8) is 0 Å². The van der Waals surface area contributed by atoms with Crippen molar-refractivity contribution >= 4 is 28.1 Å². The molecule has 1 aliphatic heterocycles. The third-order valence-electron chi connectivity index (χ3n) is 3.09. The highest BCUT2D eigenvalue weighted by Gasteiger charge is 2.27. The Hall–Kier alpha value is -0.830. The summed E-state index contributed by atoms with van der Waals surface area (Å²) < 4.78 is 4.04. The molecule has 1 fully saturated rings. The summed E-state index contributed by atoms with van der Waals surface area (Å²) in [5, 5.41) is 19.3. The number of nitriles is 1. The van der Waals surface area contributed by atoms with Crippen LogP contribution in [0.1, 0.15) is 31.2 Å². The Kier molecular flexibility index (Phi) is 4.21. The molecule has 2 heterocycles. The van der Waals surface area contributed by atoms with Gasteiger partial charge in [0, 0.05) is 19.2 Å². The molecule has 1 aliphatic rings. The minimum absolute atomic E-state index is 0.176. The molecule has 0 saturated carbocycles. The third-order valence-corrected chi connectivity index (χ3v) is 4.35. The van der Waals surface area contributed by atoms with Crippen LogP contribution in [0, 0.1) is 11.3 Å². The highest BCUT2D eigenvalue weighted by Crippen LogP contribution is 2.35. The average molecular weight is 272 g/mol. The van der Waals surface area contributed by atoms with Crippen LogP contribution in [0.25, 0.3) is 0 Å². The van der Waals surface area contributed by atoms with E-state index in [1.807, 2.05) is 0 Å². The van der Waals surface area contributed by atoms with Crippen LogP contribution < -0.4 is 4.90 Å². The fraction of sp³-hybridized carbons (Fsp3) is 0.636. The molecule has 1 saturated heterocycles. The SMILES string of the molecule is N#Cc1c(Cl)nsc1N1CCCCC1CCO. The molecule has 92 valence electrons. The summed E-state index contributed by atoms with van der Waals surface area (Å²) in [4.78, 5) is 2.18. The predicted octanol–water partition coefficient (Wildman–Crippen LogP) is 2.41. The first-order valence-corrected chi connectivity index (χ1v) is 6.86. The molecule has 0 radical (unpaired) electrons. The lowest BCUT2D eigenvalue weighted by Gasteiger charge is -2.36. The van der Waals surface area contributed by atoms with Crippen molar-refractivity contribution in [2.75, 3.05) is 18.1 Å². The quantitative estimate of drug-likeness (QED) is 0.917. The minimum Gasteiger partial charge on any atom is -0.396 e. The molecule has 1 aromatic heterocycles. The Balaban J connectivity index is 2.26. The Morgan fingerprint density at radius 1 is 1.59 bits per heavy atom. The van der Waals surface area contributed by atoms with Gasteiger partial charge in [-0.25, -0.2) is 0 Å². The van der Waals surface area contributed by atoms with Gasteiger partial charge in [-0.15, -0.1) is 0 Å². The van der Waals surface area contributed by atoms with Gasteiger partial charge in [0.05, 0.1) is 0 Å². The molecule has 1 unspecified atom stereocenters. The molecule has 0 aliphatic carbocycles. The standard InChI is InChI=1S/C11H14ClN3OS/c12-10-9(7-13)11(17-14-10)15-5-2-1-3-8(15)4-6-16/h8,16H,1-6H2. The number of nitrogens with zero attached hydrogens (tertiary/aromatic N) is 3. The number of aliphatic hydroxyl groups is 1. The molecule has 0 amide bonds. The molecule has 1 aromatic rings. The van der Waals surface area contributed by atoms with Gasteiger partial charge in [-0.3, -0.25) is 0 Å². The van der Waals surface area contributed by atoms with Crippen LogP contribution in [0.5, 0.6) is 0 Å². The first kappa shape index (κ1) is 12.6. The van der Waals surface area contributed by atoms with Gasteiger partial charge in [-0.2, -0.15) is 9.64 Å². The molecule has 0 bridgehead atoms. The van der Waals surface area contributed by atoms with Crippen molar-refractivity contribution in [2.45, 2.75) is 31.7 Å². The molecule has 0 spiro atoms. The van der Waals surface area contributed by atoms with E-state index in [1.54, 1.807) is 0 Å². The summed E-state index contributed by atoms with van der Waals surface area (Å²) in [7, 11) is 0. The maximum atomic E-state index is 9.09. The van der Waals surface area contributed by atoms with Gasteiger partial charge in [0.1, 0.15) is 16.6 Å². The number of halogens is 1. The molecule has 1 N–H and O–H groups in total. The highest BCUT2D eigenvalue weighted by atomic mass is 35.5. The summed E-state index contributed by atoms with van der Waals surface area (Å²) in [5.41, 5.74) is 0.474. The second kappa shape index (κ2) is 5.67. The van der Waals surface area contributed by atoms with Crippen molar-refractivity contribution in [2.24, 2.45) is 0 Å². The summed E-state index contributed by atoms with van der Waals surface area (Å²) in [6, 6.07) is 2.42. The van der Waals surface area contributed by atoms with Crippen LogP contribution in [-0.2, 0) is 0 Å². The van der Waals surface area contributed by atoms with Crippen LogP contribution in [0.4, 0.5) is 5.00 Å². The number of aromatic nitrogens is 1. The lowest BCUT2D eigenvalue weighted by molar-refractivity contribution is 0.263. The Labute approximate surface area is 110 Å². The van der Waals surface area contributed by atoms with Gasteiger partial charge >= 0.3 is 0 Å². The maximum absolute atomic E-state index is 9.09. The van der Waals surface area contributed by atoms with Crippen LogP contribution in [0.3, 0.4) is 0 Å². The summed E-state index contributed by atoms with van der Waals surface area (Å²) in [6.45, 7) is 1.09. The van der Waals surface area contributed by atoms with E-state index in [2.05, 4.69) is 15.3 Å². The smallest absolute Gasteiger partial charge is 0.162 e. The van der Waals surface area contributed by atoms with Gasteiger partial charge in [0.15, 0.2) is 5.15 Å². The average Bonchev–Trinajstić information content (AvgIpc) is 2.71. The first-order valence-electron chi connectivity index (χ1n) is 5.70. The molecule has 4 nitrogen and oxygen atoms in total. The van der Waals surface area contributed by atoms with E-state index < -0.39 is 0 Å². The third kappa shape index (κ3) is 2.54. The summed E-state index contributed by atoms with van der Waals surface area (Å²) >= 11 is 7.17. The highest BCUT2D eigenvalue weighted by molar-refractivity contribution is 7.10. The molecule has 2 rings (SSSR count). The Bertz CT molecular complexity index is 427. The molecule has 0 aromatic carbocycles. The fourth-order valence-corrected chi connectivity index (χ4v) is 3.40. The van der Waals surface area contributed by atoms with E-state index in [0.29, 0.717) is 16.8 Å². The van der Waals surface area contributed by atoms with Crippen LogP contribution in [0.15, 0.2) is 0 Å². The van der Waals surface area contributed by atoms with E-state index >= 15 is 0 Å². The van der Waals surface area contributed by atoms with Gasteiger partial charge < -0.3 is 10.0 Å². The Morgan fingerprint density at radius 3 is 3.12 bits per heavy atom. The fourth-order valence-electron chi connectivity index (χ4n) is 2.27. The van der Waals surface area contributed by atoms with E-state index in [4.69, 9.17) is 22.0 Å². The molecular weight excluding hydrogens is 258 g/mol. The second-order valence-electron chi connectivity index (χ2n) is 4.12. The zero-order valence-corrected chi connectivity index (χ0v) is 11.0. The largest absolute Gasteiger partial charge is 0.396 e. The van der Waals surface area contributed by atoms with Gasteiger partial charge in [-0.05, 0) is 37.2 Å². The lowest BCUT2D eigenvalue weighted by Crippen LogP contribution is -2.40. The molecule has 1 atom stereocenters. The van der Waals surface area contributed by atoms with Crippen molar-refractivity contribution in [3.05, 3.63) is 10.7 Å². The van der Waals surface area contributed by atoms with E-state index in [0.717, 1.165) is 30.8 Å². The number of piperidine rings is 1. The topological polar surface area (TPSA) is 60.2 Å². The minimum atomic E-state index is 0.176. The number of hydrogen-bond acceptors (Lipinski definition) is 5. The first-order chi connectivity index (χ1) is 8.27. The summed E-state index contributed by atoms with van der Waals surface area (Å²) in [5.74, 6) is 0. The van der Waals surface area contributed by atoms with Crippen molar-refractivity contribution in [3.8, 4) is 6.07 Å². The maximum Gasteiger partial charge on any atom is 0.162 e. The van der Waals surface area contributed by atoms with Crippen LogP contribution in [0.2, 0.25) is 5.15 Å². The molecular formula is C11H14ClN3OS. The number of anilines is 1. The van der Waals surface area contributed by atoms with Gasteiger partial charge in [-0.1, -0.05) is 11.6 Å². The van der Waals surface area contributed by atoms with Gasteiger partial charge in [0.2, 0.25) is 0 Å². The molecule has 17 heavy (non-hydrogen) atoms. The van der Waals surface area contributed by atoms with E-state index in [1.165, 1.54) is 18.0 Å². The second-order valence-corrected chi connectivity index (χ2v) is 5.23. The van der Waals surface area contributed by atoms with Crippen LogP contribution >= 0.6 is 23.1 Å². The van der Waals surface area contributed by atoms with E-state index in [-0.39, 0.29) is 6.61 Å². The van der Waals surface area contributed by atoms with Crippen LogP contribution in [-0.4, -0.2) is 28.7 Å². The van der Waals surface area contributed by atoms with Crippen molar-refractivity contribution in [1.82, 2.24) is 4.37 Å². The molecule has 6 heteroatoms. The summed E-state index contributed by atoms with van der Waals surface area (Å²) in [6.07, 6.45) is 4.08. The Morgan fingerprint density at radius 2 is 2.41 bits per heavy atom. The van der Waals surface area contributed by atoms with Crippen molar-refractivity contribution < 1.29 is 5.11 Å². The lowest BCUT2D eigenvalue weighted by atomic mass is 10.00. The normalized spacial score (nSPS) is 20.3. The zero-order valence-electron chi connectivity index (χ0n) is 9.40. The monoisotopic (exact) mass is 271 g/mol. The predicted molar refractivity (Wildman–Crippen MR) is 68.5 cm³/mol. The zero-order chi connectivity index (χ0) is 12.3. The number of rotatable bonds is 3. The number of aliphatic hydroxyl groups excluding tert-OH is 1. The van der Waals surface area contributed by atoms with E-state index in [9.17, 15) is 0 Å². The van der Waals surface area contributed by atoms with Crippen molar-refractivity contribution in [1.29, 1.82) is 5.26 Å².